The summed E-state index contributed by atoms with van der Waals surface area (Å²) < 4.78 is 65.9. The van der Waals surface area contributed by atoms with Crippen molar-refractivity contribution in [2.45, 2.75) is 42.1 Å². The second kappa shape index (κ2) is 8.63. The molecular weight excluding hydrogens is 449 g/mol. The van der Waals surface area contributed by atoms with Crippen LogP contribution in [-0.2, 0) is 21.0 Å². The number of nitrogens with one attached hydrogen (secondary N) is 1. The number of carbonyl (C=O) groups excluding carboxylic acids is 1. The summed E-state index contributed by atoms with van der Waals surface area (Å²) in [6, 6.07) is 5.23. The Kier molecular flexibility index (Phi) is 6.57. The van der Waals surface area contributed by atoms with Gasteiger partial charge in [-0.25, -0.2) is 8.42 Å². The molecule has 1 aliphatic rings. The maximum atomic E-state index is 12.9. The molecule has 1 saturated heterocycles. The fourth-order valence-corrected chi connectivity index (χ4v) is 6.21. The molecule has 1 fully saturated rings. The van der Waals surface area contributed by atoms with Crippen molar-refractivity contribution in [3.05, 3.63) is 46.3 Å². The molecule has 0 radical (unpaired) electrons. The zero-order chi connectivity index (χ0) is 21.2. The number of alkyl halides is 3. The Hall–Kier alpha value is -1.62. The average molecular weight is 467 g/mol. The summed E-state index contributed by atoms with van der Waals surface area (Å²) in [6.45, 7) is 0.294. The Balaban J connectivity index is 1.76. The molecule has 5 nitrogen and oxygen atoms in total. The molecule has 158 valence electrons. The lowest BCUT2D eigenvalue weighted by Gasteiger charge is -2.34. The van der Waals surface area contributed by atoms with Crippen LogP contribution in [-0.4, -0.2) is 31.2 Å². The minimum absolute atomic E-state index is 0.0296. The summed E-state index contributed by atoms with van der Waals surface area (Å²) in [5.41, 5.74) is -1.09. The predicted octanol–water partition coefficient (Wildman–Crippen LogP) is 4.99. The van der Waals surface area contributed by atoms with Crippen molar-refractivity contribution in [3.8, 4) is 0 Å². The van der Waals surface area contributed by atoms with E-state index in [0.717, 1.165) is 36.0 Å². The number of sulfonamides is 1. The average Bonchev–Trinajstić information content (AvgIpc) is 3.18. The second-order valence-electron chi connectivity index (χ2n) is 6.64. The highest BCUT2D eigenvalue weighted by atomic mass is 35.5. The number of nitrogens with zero attached hydrogens (tertiary/aromatic N) is 1. The van der Waals surface area contributed by atoms with E-state index in [1.54, 1.807) is 11.4 Å². The minimum Gasteiger partial charge on any atom is -0.325 e. The van der Waals surface area contributed by atoms with Crippen molar-refractivity contribution in [3.63, 3.8) is 0 Å². The van der Waals surface area contributed by atoms with Crippen LogP contribution in [0.5, 0.6) is 0 Å². The molecule has 1 atom stereocenters. The van der Waals surface area contributed by atoms with Gasteiger partial charge in [-0.1, -0.05) is 24.1 Å². The largest absolute Gasteiger partial charge is 0.416 e. The highest BCUT2D eigenvalue weighted by Crippen LogP contribution is 2.34. The van der Waals surface area contributed by atoms with Gasteiger partial charge in [0.2, 0.25) is 5.91 Å². The van der Waals surface area contributed by atoms with Crippen LogP contribution in [0.25, 0.3) is 0 Å². The highest BCUT2D eigenvalue weighted by Gasteiger charge is 2.35. The van der Waals surface area contributed by atoms with Gasteiger partial charge in [0, 0.05) is 19.0 Å². The third kappa shape index (κ3) is 5.11. The number of piperidine rings is 1. The first kappa shape index (κ1) is 22.1. The summed E-state index contributed by atoms with van der Waals surface area (Å²) in [6.07, 6.45) is -2.80. The SMILES string of the molecule is O=C(CC1CCCCN1S(=O)(=O)c1cccs1)Nc1cc(C(F)(F)F)ccc1Cl. The van der Waals surface area contributed by atoms with E-state index in [-0.39, 0.29) is 21.3 Å². The molecule has 2 heterocycles. The molecule has 0 bridgehead atoms. The molecular formula is C18H18ClF3N2O3S2. The van der Waals surface area contributed by atoms with E-state index in [0.29, 0.717) is 19.4 Å². The van der Waals surface area contributed by atoms with Crippen molar-refractivity contribution in [1.29, 1.82) is 0 Å². The molecule has 29 heavy (non-hydrogen) atoms. The van der Waals surface area contributed by atoms with Crippen molar-refractivity contribution >= 4 is 44.6 Å². The first-order chi connectivity index (χ1) is 13.6. The molecule has 3 rings (SSSR count). The topological polar surface area (TPSA) is 66.5 Å². The zero-order valence-electron chi connectivity index (χ0n) is 15.1. The van der Waals surface area contributed by atoms with E-state index in [2.05, 4.69) is 5.32 Å². The van der Waals surface area contributed by atoms with Gasteiger partial charge in [0.15, 0.2) is 0 Å². The van der Waals surface area contributed by atoms with Gasteiger partial charge < -0.3 is 5.32 Å². The molecule has 1 aliphatic heterocycles. The van der Waals surface area contributed by atoms with Crippen LogP contribution in [0.3, 0.4) is 0 Å². The number of benzene rings is 1. The van der Waals surface area contributed by atoms with E-state index in [4.69, 9.17) is 11.6 Å². The van der Waals surface area contributed by atoms with Gasteiger partial charge in [-0.05, 0) is 42.5 Å². The summed E-state index contributed by atoms with van der Waals surface area (Å²) in [5, 5.41) is 4.02. The molecule has 0 aliphatic carbocycles. The molecule has 1 aromatic carbocycles. The third-order valence-corrected chi connectivity index (χ3v) is 8.27. The highest BCUT2D eigenvalue weighted by molar-refractivity contribution is 7.91. The lowest BCUT2D eigenvalue weighted by atomic mass is 10.0. The Labute approximate surface area is 175 Å². The summed E-state index contributed by atoms with van der Waals surface area (Å²) >= 11 is 7.01. The smallest absolute Gasteiger partial charge is 0.325 e. The Morgan fingerprint density at radius 1 is 1.28 bits per heavy atom. The summed E-state index contributed by atoms with van der Waals surface area (Å²) in [4.78, 5) is 12.5. The number of hydrogen-bond acceptors (Lipinski definition) is 4. The van der Waals surface area contributed by atoms with Gasteiger partial charge in [0.25, 0.3) is 10.0 Å². The van der Waals surface area contributed by atoms with Crippen LogP contribution in [0.2, 0.25) is 5.02 Å². The lowest BCUT2D eigenvalue weighted by molar-refractivity contribution is -0.137. The molecule has 1 aromatic heterocycles. The van der Waals surface area contributed by atoms with Crippen molar-refractivity contribution in [2.24, 2.45) is 0 Å². The quantitative estimate of drug-likeness (QED) is 0.674. The number of carbonyl (C=O) groups is 1. The van der Waals surface area contributed by atoms with Crippen LogP contribution >= 0.6 is 22.9 Å². The molecule has 1 amide bonds. The molecule has 11 heteroatoms. The maximum Gasteiger partial charge on any atom is 0.416 e. The van der Waals surface area contributed by atoms with Crippen LogP contribution in [0.1, 0.15) is 31.2 Å². The Bertz CT molecular complexity index is 979. The van der Waals surface area contributed by atoms with Crippen molar-refractivity contribution in [2.75, 3.05) is 11.9 Å². The Morgan fingerprint density at radius 3 is 2.69 bits per heavy atom. The third-order valence-electron chi connectivity index (χ3n) is 4.62. The van der Waals surface area contributed by atoms with Crippen LogP contribution in [0, 0.1) is 0 Å². The van der Waals surface area contributed by atoms with Crippen molar-refractivity contribution < 1.29 is 26.4 Å². The van der Waals surface area contributed by atoms with E-state index in [1.165, 1.54) is 10.4 Å². The Morgan fingerprint density at radius 2 is 2.03 bits per heavy atom. The first-order valence-electron chi connectivity index (χ1n) is 8.81. The fourth-order valence-electron chi connectivity index (χ4n) is 3.23. The van der Waals surface area contributed by atoms with E-state index < -0.39 is 33.7 Å². The normalized spacial score (nSPS) is 18.6. The maximum absolute atomic E-state index is 12.9. The number of amides is 1. The molecule has 1 N–H and O–H groups in total. The van der Waals surface area contributed by atoms with Crippen LogP contribution in [0.4, 0.5) is 18.9 Å². The van der Waals surface area contributed by atoms with Gasteiger partial charge in [0.05, 0.1) is 16.3 Å². The summed E-state index contributed by atoms with van der Waals surface area (Å²) in [7, 11) is -3.72. The predicted molar refractivity (Wildman–Crippen MR) is 106 cm³/mol. The minimum atomic E-state index is -4.57. The number of thiophene rings is 1. The van der Waals surface area contributed by atoms with Gasteiger partial charge >= 0.3 is 6.18 Å². The molecule has 0 spiro atoms. The first-order valence-corrected chi connectivity index (χ1v) is 11.5. The fraction of sp³-hybridized carbons (Fsp3) is 0.389. The lowest BCUT2D eigenvalue weighted by Crippen LogP contribution is -2.45. The number of halogens is 4. The van der Waals surface area contributed by atoms with Crippen LogP contribution < -0.4 is 5.32 Å². The molecule has 2 aromatic rings. The standard InChI is InChI=1S/C18H18ClF3N2O3S2/c19-14-7-6-12(18(20,21)22)10-15(14)23-16(25)11-13-4-1-2-8-24(13)29(26,27)17-5-3-9-28-17/h3,5-7,9-10,13H,1-2,4,8,11H2,(H,23,25). The van der Waals surface area contributed by atoms with Gasteiger partial charge in [0.1, 0.15) is 4.21 Å². The number of hydrogen-bond donors (Lipinski definition) is 1. The monoisotopic (exact) mass is 466 g/mol. The molecule has 1 unspecified atom stereocenters. The van der Waals surface area contributed by atoms with Gasteiger partial charge in [-0.3, -0.25) is 4.79 Å². The van der Waals surface area contributed by atoms with E-state index >= 15 is 0 Å². The summed E-state index contributed by atoms with van der Waals surface area (Å²) in [5.74, 6) is -0.593. The number of rotatable bonds is 5. The zero-order valence-corrected chi connectivity index (χ0v) is 17.5. The van der Waals surface area contributed by atoms with Gasteiger partial charge in [-0.15, -0.1) is 11.3 Å². The van der Waals surface area contributed by atoms with E-state index in [1.807, 2.05) is 0 Å². The van der Waals surface area contributed by atoms with Gasteiger partial charge in [-0.2, -0.15) is 17.5 Å². The molecule has 0 saturated carbocycles. The van der Waals surface area contributed by atoms with E-state index in [9.17, 15) is 26.4 Å². The van der Waals surface area contributed by atoms with Crippen molar-refractivity contribution in [1.82, 2.24) is 4.31 Å². The number of anilines is 1. The van der Waals surface area contributed by atoms with Crippen LogP contribution in [0.15, 0.2) is 39.9 Å². The second-order valence-corrected chi connectivity index (χ2v) is 10.1.